The van der Waals surface area contributed by atoms with Crippen LogP contribution in [-0.4, -0.2) is 16.2 Å². The third-order valence-corrected chi connectivity index (χ3v) is 2.85. The molecule has 1 aromatic rings. The average molecular weight is 208 g/mol. The van der Waals surface area contributed by atoms with Gasteiger partial charge in [-0.2, -0.15) is 0 Å². The van der Waals surface area contributed by atoms with E-state index in [1.165, 1.54) is 13.8 Å². The minimum atomic E-state index is -1.33. The maximum atomic E-state index is 10.8. The highest BCUT2D eigenvalue weighted by Gasteiger charge is 2.35. The second kappa shape index (κ2) is 4.03. The van der Waals surface area contributed by atoms with E-state index >= 15 is 0 Å². The number of aliphatic carboxylic acids is 1. The van der Waals surface area contributed by atoms with Gasteiger partial charge in [0.1, 0.15) is 0 Å². The van der Waals surface area contributed by atoms with Crippen LogP contribution in [0, 0.1) is 12.8 Å². The quantitative estimate of drug-likeness (QED) is 0.797. The minimum absolute atomic E-state index is 0.628. The van der Waals surface area contributed by atoms with E-state index in [1.807, 2.05) is 19.1 Å². The zero-order valence-electron chi connectivity index (χ0n) is 9.19. The highest BCUT2D eigenvalue weighted by atomic mass is 16.4. The lowest BCUT2D eigenvalue weighted by Crippen LogP contribution is -2.35. The molecule has 82 valence electrons. The summed E-state index contributed by atoms with van der Waals surface area (Å²) < 4.78 is 0. The van der Waals surface area contributed by atoms with Crippen LogP contribution in [0.5, 0.6) is 0 Å². The van der Waals surface area contributed by atoms with Gasteiger partial charge in [-0.1, -0.05) is 29.8 Å². The molecule has 2 unspecified atom stereocenters. The van der Waals surface area contributed by atoms with Gasteiger partial charge in [-0.3, -0.25) is 4.79 Å². The van der Waals surface area contributed by atoms with Gasteiger partial charge in [-0.15, -0.1) is 0 Å². The Kier molecular flexibility index (Phi) is 3.15. The van der Waals surface area contributed by atoms with E-state index in [-0.39, 0.29) is 0 Å². The van der Waals surface area contributed by atoms with Crippen LogP contribution in [0.1, 0.15) is 25.0 Å². The smallest absolute Gasteiger partial charge is 0.309 e. The van der Waals surface area contributed by atoms with Gasteiger partial charge >= 0.3 is 5.97 Å². The second-order valence-corrected chi connectivity index (χ2v) is 4.07. The fourth-order valence-electron chi connectivity index (χ4n) is 1.38. The van der Waals surface area contributed by atoms with Crippen molar-refractivity contribution in [3.63, 3.8) is 0 Å². The molecule has 0 aliphatic heterocycles. The molecule has 0 bridgehead atoms. The Bertz CT molecular complexity index is 352. The molecule has 15 heavy (non-hydrogen) atoms. The van der Waals surface area contributed by atoms with E-state index in [2.05, 4.69) is 0 Å². The summed E-state index contributed by atoms with van der Waals surface area (Å²) in [5.74, 6) is -1.83. The summed E-state index contributed by atoms with van der Waals surface area (Å²) in [5.41, 5.74) is 0.375. The molecule has 3 nitrogen and oxygen atoms in total. The van der Waals surface area contributed by atoms with Crippen molar-refractivity contribution in [1.29, 1.82) is 0 Å². The van der Waals surface area contributed by atoms with Crippen molar-refractivity contribution < 1.29 is 15.0 Å². The molecule has 0 aromatic heterocycles. The standard InChI is InChI=1S/C12H16O3/c1-8-4-6-10(7-5-8)12(3,15)9(2)11(13)14/h4-7,9,15H,1-3H3,(H,13,14). The summed E-state index contributed by atoms with van der Waals surface area (Å²) in [5, 5.41) is 19.0. The average Bonchev–Trinajstić information content (AvgIpc) is 2.17. The molecule has 0 radical (unpaired) electrons. The van der Waals surface area contributed by atoms with E-state index in [0.717, 1.165) is 5.56 Å². The van der Waals surface area contributed by atoms with Crippen molar-refractivity contribution in [2.75, 3.05) is 0 Å². The molecular formula is C12H16O3. The van der Waals surface area contributed by atoms with Crippen LogP contribution in [-0.2, 0) is 10.4 Å². The van der Waals surface area contributed by atoms with Gasteiger partial charge in [0.25, 0.3) is 0 Å². The first-order chi connectivity index (χ1) is 6.85. The fraction of sp³-hybridized carbons (Fsp3) is 0.417. The highest BCUT2D eigenvalue weighted by molar-refractivity contribution is 5.71. The Hall–Kier alpha value is -1.35. The number of carboxylic acids is 1. The van der Waals surface area contributed by atoms with Gasteiger partial charge in [-0.05, 0) is 26.3 Å². The number of carboxylic acid groups (broad SMARTS) is 1. The van der Waals surface area contributed by atoms with E-state index in [0.29, 0.717) is 5.56 Å². The number of aliphatic hydroxyl groups is 1. The number of hydrogen-bond acceptors (Lipinski definition) is 2. The zero-order chi connectivity index (χ0) is 11.6. The van der Waals surface area contributed by atoms with E-state index < -0.39 is 17.5 Å². The lowest BCUT2D eigenvalue weighted by molar-refractivity contribution is -0.150. The largest absolute Gasteiger partial charge is 0.481 e. The van der Waals surface area contributed by atoms with Crippen molar-refractivity contribution in [3.05, 3.63) is 35.4 Å². The first-order valence-corrected chi connectivity index (χ1v) is 4.88. The van der Waals surface area contributed by atoms with Crippen molar-refractivity contribution in [2.24, 2.45) is 5.92 Å². The molecule has 0 aliphatic rings. The minimum Gasteiger partial charge on any atom is -0.481 e. The summed E-state index contributed by atoms with van der Waals surface area (Å²) in [6.07, 6.45) is 0. The molecule has 0 saturated heterocycles. The van der Waals surface area contributed by atoms with Gasteiger partial charge in [0.15, 0.2) is 0 Å². The molecule has 0 spiro atoms. The van der Waals surface area contributed by atoms with Crippen LogP contribution in [0.25, 0.3) is 0 Å². The Morgan fingerprint density at radius 2 is 1.80 bits per heavy atom. The van der Waals surface area contributed by atoms with Crippen molar-refractivity contribution in [1.82, 2.24) is 0 Å². The van der Waals surface area contributed by atoms with Crippen LogP contribution in [0.4, 0.5) is 0 Å². The summed E-state index contributed by atoms with van der Waals surface area (Å²) in [7, 11) is 0. The van der Waals surface area contributed by atoms with Crippen LogP contribution >= 0.6 is 0 Å². The lowest BCUT2D eigenvalue weighted by atomic mass is 9.84. The predicted molar refractivity (Wildman–Crippen MR) is 57.5 cm³/mol. The molecule has 1 aromatic carbocycles. The van der Waals surface area contributed by atoms with E-state index in [1.54, 1.807) is 12.1 Å². The number of carbonyl (C=O) groups is 1. The lowest BCUT2D eigenvalue weighted by Gasteiger charge is -2.28. The molecule has 0 aliphatic carbocycles. The Morgan fingerprint density at radius 3 is 2.20 bits per heavy atom. The van der Waals surface area contributed by atoms with Crippen LogP contribution in [0.3, 0.4) is 0 Å². The van der Waals surface area contributed by atoms with E-state index in [9.17, 15) is 9.90 Å². The van der Waals surface area contributed by atoms with Gasteiger partial charge in [0.2, 0.25) is 0 Å². The van der Waals surface area contributed by atoms with Gasteiger partial charge in [0.05, 0.1) is 11.5 Å². The van der Waals surface area contributed by atoms with Crippen molar-refractivity contribution in [2.45, 2.75) is 26.4 Å². The molecule has 2 atom stereocenters. The predicted octanol–water partition coefficient (Wildman–Crippen LogP) is 1.92. The summed E-state index contributed by atoms with van der Waals surface area (Å²) in [4.78, 5) is 10.8. The van der Waals surface area contributed by atoms with Crippen LogP contribution in [0.15, 0.2) is 24.3 Å². The summed E-state index contributed by atoms with van der Waals surface area (Å²) in [6.45, 7) is 4.97. The molecular weight excluding hydrogens is 192 g/mol. The summed E-state index contributed by atoms with van der Waals surface area (Å²) >= 11 is 0. The monoisotopic (exact) mass is 208 g/mol. The Balaban J connectivity index is 3.05. The highest BCUT2D eigenvalue weighted by Crippen LogP contribution is 2.29. The molecule has 0 fully saturated rings. The number of rotatable bonds is 3. The first kappa shape index (κ1) is 11.7. The summed E-state index contributed by atoms with van der Waals surface area (Å²) in [6, 6.07) is 7.24. The Labute approximate surface area is 89.4 Å². The first-order valence-electron chi connectivity index (χ1n) is 4.88. The molecule has 0 heterocycles. The van der Waals surface area contributed by atoms with Gasteiger partial charge in [-0.25, -0.2) is 0 Å². The van der Waals surface area contributed by atoms with Crippen molar-refractivity contribution in [3.8, 4) is 0 Å². The maximum Gasteiger partial charge on any atom is 0.309 e. The number of hydrogen-bond donors (Lipinski definition) is 2. The number of benzene rings is 1. The SMILES string of the molecule is Cc1ccc(C(C)(O)C(C)C(=O)O)cc1. The third kappa shape index (κ3) is 2.36. The molecule has 1 rings (SSSR count). The normalized spacial score (nSPS) is 16.8. The van der Waals surface area contributed by atoms with Crippen LogP contribution < -0.4 is 0 Å². The Morgan fingerprint density at radius 1 is 1.33 bits per heavy atom. The van der Waals surface area contributed by atoms with Crippen LogP contribution in [0.2, 0.25) is 0 Å². The van der Waals surface area contributed by atoms with Crippen molar-refractivity contribution >= 4 is 5.97 Å². The molecule has 3 heteroatoms. The topological polar surface area (TPSA) is 57.5 Å². The number of aryl methyl sites for hydroxylation is 1. The third-order valence-electron chi connectivity index (χ3n) is 2.85. The zero-order valence-corrected chi connectivity index (χ0v) is 9.19. The van der Waals surface area contributed by atoms with E-state index in [4.69, 9.17) is 5.11 Å². The van der Waals surface area contributed by atoms with Gasteiger partial charge < -0.3 is 10.2 Å². The van der Waals surface area contributed by atoms with Gasteiger partial charge in [0, 0.05) is 0 Å². The fourth-order valence-corrected chi connectivity index (χ4v) is 1.38. The maximum absolute atomic E-state index is 10.8. The molecule has 2 N–H and O–H groups in total. The second-order valence-electron chi connectivity index (χ2n) is 4.07. The molecule has 0 saturated carbocycles. The molecule has 0 amide bonds.